The van der Waals surface area contributed by atoms with Crippen molar-refractivity contribution in [3.05, 3.63) is 53.6 Å². The smallest absolute Gasteiger partial charge is 0.303 e. The molecule has 0 amide bonds. The summed E-state index contributed by atoms with van der Waals surface area (Å²) in [4.78, 5) is 10.8. The Balaban J connectivity index is 1.97. The lowest BCUT2D eigenvalue weighted by atomic mass is 9.86. The van der Waals surface area contributed by atoms with Crippen LogP contribution in [0.25, 0.3) is 0 Å². The van der Waals surface area contributed by atoms with Crippen molar-refractivity contribution in [2.24, 2.45) is 0 Å². The second-order valence-electron chi connectivity index (χ2n) is 7.31. The van der Waals surface area contributed by atoms with E-state index in [-0.39, 0.29) is 11.8 Å². The minimum Gasteiger partial charge on any atom is -0.497 e. The summed E-state index contributed by atoms with van der Waals surface area (Å²) < 4.78 is 17.1. The first-order chi connectivity index (χ1) is 12.8. The van der Waals surface area contributed by atoms with Crippen LogP contribution in [0.3, 0.4) is 0 Å². The van der Waals surface area contributed by atoms with Gasteiger partial charge in [0, 0.05) is 12.0 Å². The molecule has 5 heteroatoms. The summed E-state index contributed by atoms with van der Waals surface area (Å²) in [6, 6.07) is 13.3. The van der Waals surface area contributed by atoms with E-state index in [1.807, 2.05) is 42.5 Å². The lowest BCUT2D eigenvalue weighted by molar-refractivity contribution is -0.136. The first-order valence-electron chi connectivity index (χ1n) is 9.05. The van der Waals surface area contributed by atoms with Crippen molar-refractivity contribution in [2.75, 3.05) is 20.3 Å². The Morgan fingerprint density at radius 1 is 1.00 bits per heavy atom. The van der Waals surface area contributed by atoms with Gasteiger partial charge >= 0.3 is 5.97 Å². The molecular weight excluding hydrogens is 344 g/mol. The summed E-state index contributed by atoms with van der Waals surface area (Å²) in [5.41, 5.74) is 1.89. The highest BCUT2D eigenvalue weighted by Crippen LogP contribution is 2.34. The van der Waals surface area contributed by atoms with Crippen molar-refractivity contribution in [3.63, 3.8) is 0 Å². The Morgan fingerprint density at radius 3 is 2.30 bits per heavy atom. The van der Waals surface area contributed by atoms with Gasteiger partial charge in [0.05, 0.1) is 7.11 Å². The molecule has 5 nitrogen and oxygen atoms in total. The second kappa shape index (κ2) is 9.31. The van der Waals surface area contributed by atoms with Crippen LogP contribution in [0.5, 0.6) is 17.2 Å². The van der Waals surface area contributed by atoms with E-state index in [0.29, 0.717) is 25.4 Å². The molecule has 0 aliphatic carbocycles. The summed E-state index contributed by atoms with van der Waals surface area (Å²) in [6.07, 6.45) is 0.524. The Bertz CT molecular complexity index is 762. The molecule has 1 N–H and O–H groups in total. The molecule has 2 aromatic rings. The maximum atomic E-state index is 10.8. The fraction of sp³-hybridized carbons (Fsp3) is 0.409. The van der Waals surface area contributed by atoms with Gasteiger partial charge in [-0.3, -0.25) is 4.79 Å². The van der Waals surface area contributed by atoms with Gasteiger partial charge in [-0.1, -0.05) is 39.0 Å². The third-order valence-corrected chi connectivity index (χ3v) is 4.17. The molecule has 0 radical (unpaired) electrons. The van der Waals surface area contributed by atoms with E-state index in [0.717, 1.165) is 22.6 Å². The topological polar surface area (TPSA) is 65.0 Å². The number of benzene rings is 2. The monoisotopic (exact) mass is 372 g/mol. The molecule has 27 heavy (non-hydrogen) atoms. The molecule has 2 aromatic carbocycles. The SMILES string of the molecule is COc1ccc(OCCOc2ccccc2CCC(=O)O)c(C(C)(C)C)c1. The molecule has 0 atom stereocenters. The summed E-state index contributed by atoms with van der Waals surface area (Å²) >= 11 is 0. The van der Waals surface area contributed by atoms with Crippen LogP contribution in [-0.4, -0.2) is 31.4 Å². The standard InChI is InChI=1S/C22H28O5/c1-22(2,3)18-15-17(25-4)10-11-20(18)27-14-13-26-19-8-6-5-7-16(19)9-12-21(23)24/h5-8,10-11,15H,9,12-14H2,1-4H3,(H,23,24). The van der Waals surface area contributed by atoms with Crippen LogP contribution in [0.4, 0.5) is 0 Å². The minimum absolute atomic E-state index is 0.0752. The predicted octanol–water partition coefficient (Wildman–Crippen LogP) is 4.47. The van der Waals surface area contributed by atoms with Crippen LogP contribution in [0.1, 0.15) is 38.3 Å². The molecule has 0 unspecified atom stereocenters. The van der Waals surface area contributed by atoms with Crippen LogP contribution in [-0.2, 0) is 16.6 Å². The van der Waals surface area contributed by atoms with Crippen LogP contribution < -0.4 is 14.2 Å². The average molecular weight is 372 g/mol. The average Bonchev–Trinajstić information content (AvgIpc) is 2.63. The van der Waals surface area contributed by atoms with Crippen molar-refractivity contribution in [2.45, 2.75) is 39.0 Å². The maximum Gasteiger partial charge on any atom is 0.303 e. The van der Waals surface area contributed by atoms with Crippen molar-refractivity contribution >= 4 is 5.97 Å². The number of aryl methyl sites for hydroxylation is 1. The van der Waals surface area contributed by atoms with Crippen molar-refractivity contribution < 1.29 is 24.1 Å². The van der Waals surface area contributed by atoms with Gasteiger partial charge in [0.1, 0.15) is 30.5 Å². The maximum absolute atomic E-state index is 10.8. The number of carbonyl (C=O) groups is 1. The molecule has 0 saturated carbocycles. The molecule has 0 bridgehead atoms. The lowest BCUT2D eigenvalue weighted by Crippen LogP contribution is -2.16. The van der Waals surface area contributed by atoms with Crippen LogP contribution in [0, 0.1) is 0 Å². The van der Waals surface area contributed by atoms with E-state index in [9.17, 15) is 4.79 Å². The third kappa shape index (κ3) is 6.20. The Labute approximate surface area is 160 Å². The van der Waals surface area contributed by atoms with E-state index in [1.165, 1.54) is 0 Å². The highest BCUT2D eigenvalue weighted by Gasteiger charge is 2.20. The number of methoxy groups -OCH3 is 1. The van der Waals surface area contributed by atoms with Gasteiger partial charge in [-0.25, -0.2) is 0 Å². The van der Waals surface area contributed by atoms with Gasteiger partial charge in [-0.05, 0) is 41.7 Å². The van der Waals surface area contributed by atoms with Gasteiger partial charge in [-0.2, -0.15) is 0 Å². The minimum atomic E-state index is -0.817. The highest BCUT2D eigenvalue weighted by molar-refractivity contribution is 5.67. The van der Waals surface area contributed by atoms with Gasteiger partial charge in [0.15, 0.2) is 0 Å². The van der Waals surface area contributed by atoms with Crippen molar-refractivity contribution in [3.8, 4) is 17.2 Å². The number of hydrogen-bond donors (Lipinski definition) is 1. The largest absolute Gasteiger partial charge is 0.497 e. The zero-order valence-corrected chi connectivity index (χ0v) is 16.5. The summed E-state index contributed by atoms with van der Waals surface area (Å²) in [5.74, 6) is 1.50. The van der Waals surface area contributed by atoms with E-state index in [4.69, 9.17) is 19.3 Å². The fourth-order valence-electron chi connectivity index (χ4n) is 2.74. The summed E-state index contributed by atoms with van der Waals surface area (Å²) in [6.45, 7) is 7.15. The molecule has 0 heterocycles. The van der Waals surface area contributed by atoms with Crippen molar-refractivity contribution in [1.82, 2.24) is 0 Å². The quantitative estimate of drug-likeness (QED) is 0.658. The van der Waals surface area contributed by atoms with E-state index >= 15 is 0 Å². The van der Waals surface area contributed by atoms with Crippen LogP contribution in [0.2, 0.25) is 0 Å². The Hall–Kier alpha value is -2.69. The number of ether oxygens (including phenoxy) is 3. The van der Waals surface area contributed by atoms with Gasteiger partial charge in [0.25, 0.3) is 0 Å². The summed E-state index contributed by atoms with van der Waals surface area (Å²) in [5, 5.41) is 8.87. The molecular formula is C22H28O5. The number of carboxylic acid groups (broad SMARTS) is 1. The molecule has 0 saturated heterocycles. The van der Waals surface area contributed by atoms with Gasteiger partial charge < -0.3 is 19.3 Å². The second-order valence-corrected chi connectivity index (χ2v) is 7.31. The highest BCUT2D eigenvalue weighted by atomic mass is 16.5. The number of carboxylic acids is 1. The zero-order valence-electron chi connectivity index (χ0n) is 16.5. The number of para-hydroxylation sites is 1. The zero-order chi connectivity index (χ0) is 19.9. The molecule has 0 aromatic heterocycles. The molecule has 0 fully saturated rings. The third-order valence-electron chi connectivity index (χ3n) is 4.17. The first-order valence-corrected chi connectivity index (χ1v) is 9.05. The number of hydrogen-bond acceptors (Lipinski definition) is 4. The first kappa shape index (κ1) is 20.6. The molecule has 0 aliphatic rings. The van der Waals surface area contributed by atoms with Gasteiger partial charge in [0.2, 0.25) is 0 Å². The molecule has 146 valence electrons. The van der Waals surface area contributed by atoms with Crippen LogP contribution >= 0.6 is 0 Å². The number of rotatable bonds is 9. The lowest BCUT2D eigenvalue weighted by Gasteiger charge is -2.23. The molecule has 0 aliphatic heterocycles. The normalized spacial score (nSPS) is 11.1. The summed E-state index contributed by atoms with van der Waals surface area (Å²) in [7, 11) is 1.65. The van der Waals surface area contributed by atoms with Crippen molar-refractivity contribution in [1.29, 1.82) is 0 Å². The van der Waals surface area contributed by atoms with Gasteiger partial charge in [-0.15, -0.1) is 0 Å². The van der Waals surface area contributed by atoms with E-state index < -0.39 is 5.97 Å². The Kier molecular flexibility index (Phi) is 7.11. The van der Waals surface area contributed by atoms with E-state index in [2.05, 4.69) is 20.8 Å². The Morgan fingerprint density at radius 2 is 1.67 bits per heavy atom. The van der Waals surface area contributed by atoms with E-state index in [1.54, 1.807) is 7.11 Å². The van der Waals surface area contributed by atoms with Crippen LogP contribution in [0.15, 0.2) is 42.5 Å². The predicted molar refractivity (Wildman–Crippen MR) is 105 cm³/mol. The fourth-order valence-corrected chi connectivity index (χ4v) is 2.74. The molecule has 0 spiro atoms. The number of aliphatic carboxylic acids is 1. The molecule has 2 rings (SSSR count).